The van der Waals surface area contributed by atoms with E-state index in [9.17, 15) is 13.2 Å². The van der Waals surface area contributed by atoms with Crippen LogP contribution in [0.1, 0.15) is 18.4 Å². The van der Waals surface area contributed by atoms with Gasteiger partial charge in [0, 0.05) is 36.2 Å². The van der Waals surface area contributed by atoms with Gasteiger partial charge in [-0.25, -0.2) is 8.42 Å². The monoisotopic (exact) mass is 424 g/mol. The Labute approximate surface area is 169 Å². The number of hydrogen-bond donors (Lipinski definition) is 1. The molecule has 0 atom stereocenters. The van der Waals surface area contributed by atoms with Crippen molar-refractivity contribution in [3.8, 4) is 0 Å². The zero-order valence-corrected chi connectivity index (χ0v) is 17.7. The third-order valence-electron chi connectivity index (χ3n) is 4.60. The molecule has 146 valence electrons. The molecule has 0 radical (unpaired) electrons. The van der Waals surface area contributed by atoms with E-state index in [-0.39, 0.29) is 11.8 Å². The average molecular weight is 425 g/mol. The van der Waals surface area contributed by atoms with E-state index in [1.54, 1.807) is 29.3 Å². The van der Waals surface area contributed by atoms with Gasteiger partial charge < -0.3 is 5.32 Å². The summed E-state index contributed by atoms with van der Waals surface area (Å²) in [6.45, 7) is 3.48. The van der Waals surface area contributed by atoms with Crippen LogP contribution in [0.25, 0.3) is 0 Å². The lowest BCUT2D eigenvalue weighted by atomic mass is 9.97. The lowest BCUT2D eigenvalue weighted by Crippen LogP contribution is -2.43. The van der Waals surface area contributed by atoms with E-state index in [0.29, 0.717) is 36.7 Å². The maximum absolute atomic E-state index is 12.5. The normalized spacial score (nSPS) is 16.3. The van der Waals surface area contributed by atoms with Crippen molar-refractivity contribution >= 4 is 39.0 Å². The molecule has 0 aliphatic carbocycles. The largest absolute Gasteiger partial charge is 0.355 e. The Bertz CT molecular complexity index is 841. The van der Waals surface area contributed by atoms with Gasteiger partial charge in [-0.2, -0.15) is 4.31 Å². The maximum atomic E-state index is 12.5. The Morgan fingerprint density at radius 1 is 1.22 bits per heavy atom. The first-order chi connectivity index (χ1) is 13.0. The smallest absolute Gasteiger partial charge is 0.252 e. The highest BCUT2D eigenvalue weighted by Gasteiger charge is 2.32. The molecular weight excluding hydrogens is 400 g/mol. The highest BCUT2D eigenvalue weighted by atomic mass is 32.2. The number of carbonyl (C=O) groups is 1. The molecule has 0 spiro atoms. The number of thioether (sulfide) groups is 1. The van der Waals surface area contributed by atoms with Gasteiger partial charge in [0.2, 0.25) is 5.91 Å². The first-order valence-corrected chi connectivity index (χ1v) is 12.3. The van der Waals surface area contributed by atoms with Crippen molar-refractivity contribution in [3.63, 3.8) is 0 Å². The summed E-state index contributed by atoms with van der Waals surface area (Å²) in [5.41, 5.74) is 1.24. The molecule has 0 unspecified atom stereocenters. The van der Waals surface area contributed by atoms with Crippen LogP contribution in [-0.4, -0.2) is 44.0 Å². The van der Waals surface area contributed by atoms with Crippen LogP contribution in [0.3, 0.4) is 0 Å². The molecular formula is C19H24N2O3S3. The number of hydrogen-bond acceptors (Lipinski definition) is 5. The molecule has 1 aliphatic rings. The van der Waals surface area contributed by atoms with Crippen molar-refractivity contribution in [2.45, 2.75) is 28.9 Å². The van der Waals surface area contributed by atoms with Gasteiger partial charge in [0.1, 0.15) is 4.21 Å². The van der Waals surface area contributed by atoms with Crippen molar-refractivity contribution in [1.29, 1.82) is 0 Å². The van der Waals surface area contributed by atoms with Gasteiger partial charge >= 0.3 is 0 Å². The molecule has 1 amide bonds. The summed E-state index contributed by atoms with van der Waals surface area (Å²) >= 11 is 2.95. The summed E-state index contributed by atoms with van der Waals surface area (Å²) in [5, 5.41) is 4.76. The van der Waals surface area contributed by atoms with Gasteiger partial charge in [0.05, 0.1) is 0 Å². The number of amides is 1. The van der Waals surface area contributed by atoms with Gasteiger partial charge in [-0.05, 0) is 43.3 Å². The molecule has 2 heterocycles. The van der Waals surface area contributed by atoms with Gasteiger partial charge in [-0.3, -0.25) is 4.79 Å². The maximum Gasteiger partial charge on any atom is 0.252 e. The van der Waals surface area contributed by atoms with E-state index >= 15 is 0 Å². The lowest BCUT2D eigenvalue weighted by Gasteiger charge is -2.30. The molecule has 1 N–H and O–H groups in total. The fraction of sp³-hybridized carbons (Fsp3) is 0.421. The van der Waals surface area contributed by atoms with E-state index in [2.05, 4.69) is 36.5 Å². The second kappa shape index (κ2) is 9.23. The summed E-state index contributed by atoms with van der Waals surface area (Å²) in [6.07, 6.45) is 1.14. The summed E-state index contributed by atoms with van der Waals surface area (Å²) < 4.78 is 26.9. The summed E-state index contributed by atoms with van der Waals surface area (Å²) in [6, 6.07) is 11.7. The Hall–Kier alpha value is -1.35. The van der Waals surface area contributed by atoms with Crippen molar-refractivity contribution < 1.29 is 13.2 Å². The third kappa shape index (κ3) is 5.34. The topological polar surface area (TPSA) is 66.5 Å². The highest BCUT2D eigenvalue weighted by Crippen LogP contribution is 2.26. The highest BCUT2D eigenvalue weighted by molar-refractivity contribution is 7.99. The molecule has 27 heavy (non-hydrogen) atoms. The van der Waals surface area contributed by atoms with E-state index in [1.807, 2.05) is 0 Å². The average Bonchev–Trinajstić information content (AvgIpc) is 3.22. The Morgan fingerprint density at radius 2 is 1.93 bits per heavy atom. The number of aryl methyl sites for hydroxylation is 1. The van der Waals surface area contributed by atoms with Crippen molar-refractivity contribution in [2.24, 2.45) is 5.92 Å². The molecule has 1 fully saturated rings. The second-order valence-corrected chi connectivity index (χ2v) is 10.8. The SMILES string of the molecule is Cc1ccc(SCCNC(=O)C2CCN(S(=O)(=O)c3cccs3)CC2)cc1. The number of rotatable bonds is 7. The molecule has 1 aromatic heterocycles. The summed E-state index contributed by atoms with van der Waals surface area (Å²) in [4.78, 5) is 13.5. The molecule has 8 heteroatoms. The number of carbonyl (C=O) groups excluding carboxylic acids is 1. The molecule has 5 nitrogen and oxygen atoms in total. The molecule has 2 aromatic rings. The number of nitrogens with zero attached hydrogens (tertiary/aromatic N) is 1. The Kier molecular flexibility index (Phi) is 6.97. The Balaban J connectivity index is 1.40. The van der Waals surface area contributed by atoms with Crippen molar-refractivity contribution in [3.05, 3.63) is 47.3 Å². The standard InChI is InChI=1S/C19H24N2O3S3/c1-15-4-6-17(7-5-15)25-14-10-20-19(22)16-8-11-21(12-9-16)27(23,24)18-3-2-13-26-18/h2-7,13,16H,8-12,14H2,1H3,(H,20,22). The summed E-state index contributed by atoms with van der Waals surface area (Å²) in [7, 11) is -3.41. The van der Waals surface area contributed by atoms with Crippen molar-refractivity contribution in [1.82, 2.24) is 9.62 Å². The first-order valence-electron chi connectivity index (χ1n) is 8.97. The number of thiophene rings is 1. The molecule has 1 aliphatic heterocycles. The fourth-order valence-corrected chi connectivity index (χ4v) is 6.40. The van der Waals surface area contributed by atoms with Gasteiger partial charge in [0.25, 0.3) is 10.0 Å². The minimum atomic E-state index is -3.41. The van der Waals surface area contributed by atoms with Crippen LogP contribution in [-0.2, 0) is 14.8 Å². The zero-order valence-electron chi connectivity index (χ0n) is 15.3. The van der Waals surface area contributed by atoms with Crippen LogP contribution in [0.4, 0.5) is 0 Å². The molecule has 3 rings (SSSR count). The van der Waals surface area contributed by atoms with E-state index in [4.69, 9.17) is 0 Å². The van der Waals surface area contributed by atoms with Crippen LogP contribution >= 0.6 is 23.1 Å². The number of sulfonamides is 1. The molecule has 1 aromatic carbocycles. The number of piperidine rings is 1. The number of nitrogens with one attached hydrogen (secondary N) is 1. The van der Waals surface area contributed by atoms with Gasteiger partial charge in [-0.15, -0.1) is 23.1 Å². The van der Waals surface area contributed by atoms with E-state index < -0.39 is 10.0 Å². The minimum absolute atomic E-state index is 0.0349. The quantitative estimate of drug-likeness (QED) is 0.547. The van der Waals surface area contributed by atoms with Crippen molar-refractivity contribution in [2.75, 3.05) is 25.4 Å². The predicted octanol–water partition coefficient (Wildman–Crippen LogP) is 3.37. The van der Waals surface area contributed by atoms with Crippen LogP contribution < -0.4 is 5.32 Å². The van der Waals surface area contributed by atoms with E-state index in [1.165, 1.54) is 26.1 Å². The molecule has 1 saturated heterocycles. The van der Waals surface area contributed by atoms with Gasteiger partial charge in [-0.1, -0.05) is 23.8 Å². The first kappa shape index (κ1) is 20.4. The predicted molar refractivity (Wildman–Crippen MR) is 111 cm³/mol. The number of benzene rings is 1. The van der Waals surface area contributed by atoms with Gasteiger partial charge in [0.15, 0.2) is 0 Å². The molecule has 0 bridgehead atoms. The Morgan fingerprint density at radius 3 is 2.56 bits per heavy atom. The lowest BCUT2D eigenvalue weighted by molar-refractivity contribution is -0.125. The fourth-order valence-electron chi connectivity index (χ4n) is 3.02. The molecule has 0 saturated carbocycles. The van der Waals surface area contributed by atoms with Crippen LogP contribution in [0.15, 0.2) is 50.9 Å². The van der Waals surface area contributed by atoms with Crippen LogP contribution in [0.2, 0.25) is 0 Å². The van der Waals surface area contributed by atoms with Crippen LogP contribution in [0.5, 0.6) is 0 Å². The summed E-state index contributed by atoms with van der Waals surface area (Å²) in [5.74, 6) is 0.747. The van der Waals surface area contributed by atoms with Crippen LogP contribution in [0, 0.1) is 12.8 Å². The third-order valence-corrected chi connectivity index (χ3v) is 8.89. The second-order valence-electron chi connectivity index (χ2n) is 6.56. The van der Waals surface area contributed by atoms with E-state index in [0.717, 1.165) is 5.75 Å². The minimum Gasteiger partial charge on any atom is -0.355 e. The zero-order chi connectivity index (χ0) is 19.3.